The second-order valence-corrected chi connectivity index (χ2v) is 9.78. The average molecular weight is 498 g/mol. The number of benzene rings is 2. The fourth-order valence-corrected chi connectivity index (χ4v) is 5.64. The number of carbonyl (C=O) groups excluding carboxylic acids is 1. The second kappa shape index (κ2) is 10.0. The van der Waals surface area contributed by atoms with Crippen LogP contribution in [0.3, 0.4) is 0 Å². The van der Waals surface area contributed by atoms with Gasteiger partial charge in [0.1, 0.15) is 11.6 Å². The maximum absolute atomic E-state index is 13.2. The molecule has 1 amide bonds. The molecule has 2 aromatic carbocycles. The number of aromatic nitrogens is 2. The molecule has 176 valence electrons. The standard InChI is InChI=1S/C24H24FN5O2S2/c1-2-32-18-7-8-19-21(13-18)34-23(26-19)28-22(31)14-29-9-11-30(12-10-29)24-27-20(15-33-24)16-3-5-17(25)6-4-16/h3-8,13,15H,2,9-12,14H2,1H3,(H,26,28,31). The maximum atomic E-state index is 13.2. The van der Waals surface area contributed by atoms with E-state index in [0.29, 0.717) is 18.3 Å². The number of ether oxygens (including phenoxy) is 1. The predicted octanol–water partition coefficient (Wildman–Crippen LogP) is 4.72. The molecule has 0 radical (unpaired) electrons. The van der Waals surface area contributed by atoms with E-state index in [1.165, 1.54) is 23.5 Å². The Labute approximate surface area is 204 Å². The Morgan fingerprint density at radius 3 is 2.68 bits per heavy atom. The van der Waals surface area contributed by atoms with E-state index in [1.807, 2.05) is 30.5 Å². The first-order chi connectivity index (χ1) is 16.6. The first-order valence-corrected chi connectivity index (χ1v) is 12.8. The zero-order valence-electron chi connectivity index (χ0n) is 18.7. The molecule has 1 saturated heterocycles. The van der Waals surface area contributed by atoms with Crippen LogP contribution in [0.1, 0.15) is 6.92 Å². The number of nitrogens with zero attached hydrogens (tertiary/aromatic N) is 4. The first-order valence-electron chi connectivity index (χ1n) is 11.1. The van der Waals surface area contributed by atoms with Crippen LogP contribution in [-0.4, -0.2) is 60.1 Å². The number of hydrogen-bond acceptors (Lipinski definition) is 8. The van der Waals surface area contributed by atoms with Gasteiger partial charge in [-0.05, 0) is 49.4 Å². The van der Waals surface area contributed by atoms with Gasteiger partial charge in [0.2, 0.25) is 5.91 Å². The Bertz CT molecular complexity index is 1280. The molecule has 2 aromatic heterocycles. The van der Waals surface area contributed by atoms with Gasteiger partial charge in [-0.1, -0.05) is 11.3 Å². The zero-order chi connectivity index (χ0) is 23.5. The van der Waals surface area contributed by atoms with Crippen molar-refractivity contribution in [2.24, 2.45) is 0 Å². The normalized spacial score (nSPS) is 14.5. The van der Waals surface area contributed by atoms with Gasteiger partial charge in [0.15, 0.2) is 10.3 Å². The van der Waals surface area contributed by atoms with Crippen molar-refractivity contribution in [2.45, 2.75) is 6.92 Å². The number of nitrogens with one attached hydrogen (secondary N) is 1. The van der Waals surface area contributed by atoms with Gasteiger partial charge >= 0.3 is 0 Å². The molecule has 3 heterocycles. The lowest BCUT2D eigenvalue weighted by Crippen LogP contribution is -2.48. The van der Waals surface area contributed by atoms with Crippen LogP contribution < -0.4 is 15.0 Å². The van der Waals surface area contributed by atoms with Crippen LogP contribution in [0.2, 0.25) is 0 Å². The van der Waals surface area contributed by atoms with E-state index < -0.39 is 0 Å². The average Bonchev–Trinajstić information content (AvgIpc) is 3.47. The van der Waals surface area contributed by atoms with Gasteiger partial charge in [-0.15, -0.1) is 11.3 Å². The summed E-state index contributed by atoms with van der Waals surface area (Å²) in [5, 5.41) is 6.48. The van der Waals surface area contributed by atoms with E-state index >= 15 is 0 Å². The predicted molar refractivity (Wildman–Crippen MR) is 136 cm³/mol. The maximum Gasteiger partial charge on any atom is 0.240 e. The van der Waals surface area contributed by atoms with E-state index in [2.05, 4.69) is 20.1 Å². The number of rotatable bonds is 7. The molecule has 34 heavy (non-hydrogen) atoms. The van der Waals surface area contributed by atoms with Gasteiger partial charge in [-0.3, -0.25) is 9.69 Å². The Morgan fingerprint density at radius 1 is 1.12 bits per heavy atom. The van der Waals surface area contributed by atoms with Gasteiger partial charge in [-0.25, -0.2) is 14.4 Å². The Morgan fingerprint density at radius 2 is 1.91 bits per heavy atom. The molecule has 5 rings (SSSR count). The number of amides is 1. The zero-order valence-corrected chi connectivity index (χ0v) is 20.3. The summed E-state index contributed by atoms with van der Waals surface area (Å²) in [6, 6.07) is 12.1. The fourth-order valence-electron chi connectivity index (χ4n) is 3.84. The quantitative estimate of drug-likeness (QED) is 0.399. The van der Waals surface area contributed by atoms with E-state index in [1.54, 1.807) is 23.5 Å². The van der Waals surface area contributed by atoms with Gasteiger partial charge in [0.05, 0.1) is 29.1 Å². The van der Waals surface area contributed by atoms with Crippen molar-refractivity contribution in [3.05, 3.63) is 53.7 Å². The molecule has 0 saturated carbocycles. The van der Waals surface area contributed by atoms with E-state index in [-0.39, 0.29) is 11.7 Å². The molecule has 0 atom stereocenters. The number of anilines is 2. The topological polar surface area (TPSA) is 70.6 Å². The van der Waals surface area contributed by atoms with E-state index in [0.717, 1.165) is 58.5 Å². The first kappa shape index (κ1) is 22.7. The van der Waals surface area contributed by atoms with Gasteiger partial charge in [-0.2, -0.15) is 0 Å². The van der Waals surface area contributed by atoms with Crippen LogP contribution >= 0.6 is 22.7 Å². The molecular weight excluding hydrogens is 473 g/mol. The van der Waals surface area contributed by atoms with Crippen LogP contribution in [0.5, 0.6) is 5.75 Å². The molecule has 1 aliphatic rings. The minimum absolute atomic E-state index is 0.0645. The second-order valence-electron chi connectivity index (χ2n) is 7.92. The summed E-state index contributed by atoms with van der Waals surface area (Å²) in [4.78, 5) is 26.2. The highest BCUT2D eigenvalue weighted by atomic mass is 32.1. The van der Waals surface area contributed by atoms with Crippen LogP contribution in [0.4, 0.5) is 14.7 Å². The molecule has 1 fully saturated rings. The molecular formula is C24H24FN5O2S2. The van der Waals surface area contributed by atoms with Gasteiger partial charge < -0.3 is 15.0 Å². The third-order valence-corrected chi connectivity index (χ3v) is 7.39. The smallest absolute Gasteiger partial charge is 0.240 e. The summed E-state index contributed by atoms with van der Waals surface area (Å²) < 4.78 is 19.7. The van der Waals surface area contributed by atoms with Crippen LogP contribution in [-0.2, 0) is 4.79 Å². The number of thiazole rings is 2. The minimum Gasteiger partial charge on any atom is -0.494 e. The molecule has 1 aliphatic heterocycles. The van der Waals surface area contributed by atoms with Crippen LogP contribution in [0.15, 0.2) is 47.8 Å². The number of hydrogen-bond donors (Lipinski definition) is 1. The summed E-state index contributed by atoms with van der Waals surface area (Å²) >= 11 is 3.03. The van der Waals surface area contributed by atoms with Crippen molar-refractivity contribution in [1.29, 1.82) is 0 Å². The molecule has 4 aromatic rings. The van der Waals surface area contributed by atoms with Crippen molar-refractivity contribution < 1.29 is 13.9 Å². The lowest BCUT2D eigenvalue weighted by Gasteiger charge is -2.34. The molecule has 0 unspecified atom stereocenters. The number of carbonyl (C=O) groups is 1. The summed E-state index contributed by atoms with van der Waals surface area (Å²) in [5.74, 6) is 0.489. The number of fused-ring (bicyclic) bond motifs is 1. The third kappa shape index (κ3) is 5.19. The van der Waals surface area contributed by atoms with Crippen molar-refractivity contribution in [2.75, 3.05) is 49.5 Å². The van der Waals surface area contributed by atoms with Crippen LogP contribution in [0, 0.1) is 5.82 Å². The fraction of sp³-hybridized carbons (Fsp3) is 0.292. The summed E-state index contributed by atoms with van der Waals surface area (Å²) in [6.07, 6.45) is 0. The molecule has 0 bridgehead atoms. The van der Waals surface area contributed by atoms with E-state index in [9.17, 15) is 9.18 Å². The molecule has 7 nitrogen and oxygen atoms in total. The summed E-state index contributed by atoms with van der Waals surface area (Å²) in [5.41, 5.74) is 2.61. The van der Waals surface area contributed by atoms with Crippen molar-refractivity contribution in [3.63, 3.8) is 0 Å². The highest BCUT2D eigenvalue weighted by Gasteiger charge is 2.22. The van der Waals surface area contributed by atoms with E-state index in [4.69, 9.17) is 9.72 Å². The molecule has 0 spiro atoms. The largest absolute Gasteiger partial charge is 0.494 e. The Hall–Kier alpha value is -3.08. The van der Waals surface area contributed by atoms with Crippen molar-refractivity contribution in [1.82, 2.24) is 14.9 Å². The third-order valence-electron chi connectivity index (χ3n) is 5.56. The highest BCUT2D eigenvalue weighted by molar-refractivity contribution is 7.22. The lowest BCUT2D eigenvalue weighted by atomic mass is 10.2. The minimum atomic E-state index is -0.252. The highest BCUT2D eigenvalue weighted by Crippen LogP contribution is 2.30. The summed E-state index contributed by atoms with van der Waals surface area (Å²) in [6.45, 7) is 6.03. The molecule has 1 N–H and O–H groups in total. The van der Waals surface area contributed by atoms with Crippen molar-refractivity contribution in [3.8, 4) is 17.0 Å². The monoisotopic (exact) mass is 497 g/mol. The molecule has 0 aliphatic carbocycles. The SMILES string of the molecule is CCOc1ccc2nc(NC(=O)CN3CCN(c4nc(-c5ccc(F)cc5)cs4)CC3)sc2c1. The van der Waals surface area contributed by atoms with Gasteiger partial charge in [0, 0.05) is 37.1 Å². The number of halogens is 1. The summed E-state index contributed by atoms with van der Waals surface area (Å²) in [7, 11) is 0. The number of piperazine rings is 1. The Kier molecular flexibility index (Phi) is 6.70. The van der Waals surface area contributed by atoms with Crippen molar-refractivity contribution >= 4 is 49.1 Å². The Balaban J connectivity index is 1.13. The molecule has 10 heteroatoms. The van der Waals surface area contributed by atoms with Crippen LogP contribution in [0.25, 0.3) is 21.5 Å². The van der Waals surface area contributed by atoms with Gasteiger partial charge in [0.25, 0.3) is 0 Å². The lowest BCUT2D eigenvalue weighted by molar-refractivity contribution is -0.117.